The van der Waals surface area contributed by atoms with E-state index in [1.54, 1.807) is 12.1 Å². The van der Waals surface area contributed by atoms with Gasteiger partial charge in [-0.15, -0.1) is 6.42 Å². The van der Waals surface area contributed by atoms with E-state index in [4.69, 9.17) is 6.42 Å². The van der Waals surface area contributed by atoms with Crippen LogP contribution in [-0.4, -0.2) is 10.2 Å². The average molecular weight is 176 g/mol. The summed E-state index contributed by atoms with van der Waals surface area (Å²) in [5.41, 5.74) is 1.30. The first-order valence-corrected chi connectivity index (χ1v) is 4.20. The van der Waals surface area contributed by atoms with E-state index in [9.17, 15) is 10.2 Å². The number of hydrogen-bond donors (Lipinski definition) is 2. The van der Waals surface area contributed by atoms with E-state index in [0.29, 0.717) is 5.56 Å². The molecule has 1 aromatic rings. The standard InChI is InChI=1S/C11H12O2/c1-3-5-8-6-9(4-2)11(13)10(12)7-8/h2,6-7,12-13H,3,5H2,1H3. The van der Waals surface area contributed by atoms with Crippen molar-refractivity contribution in [2.45, 2.75) is 19.8 Å². The van der Waals surface area contributed by atoms with Crippen LogP contribution in [0.5, 0.6) is 11.5 Å². The smallest absolute Gasteiger partial charge is 0.173 e. The normalized spacial score (nSPS) is 9.54. The molecular weight excluding hydrogens is 164 g/mol. The highest BCUT2D eigenvalue weighted by Gasteiger charge is 2.06. The lowest BCUT2D eigenvalue weighted by atomic mass is 10.1. The van der Waals surface area contributed by atoms with Crippen LogP contribution in [0.2, 0.25) is 0 Å². The highest BCUT2D eigenvalue weighted by atomic mass is 16.3. The molecule has 0 saturated carbocycles. The summed E-state index contributed by atoms with van der Waals surface area (Å²) >= 11 is 0. The summed E-state index contributed by atoms with van der Waals surface area (Å²) < 4.78 is 0. The third-order valence-electron chi connectivity index (χ3n) is 1.84. The third-order valence-corrected chi connectivity index (χ3v) is 1.84. The maximum absolute atomic E-state index is 9.30. The Labute approximate surface area is 77.8 Å². The van der Waals surface area contributed by atoms with E-state index in [1.165, 1.54) is 0 Å². The molecular formula is C11H12O2. The topological polar surface area (TPSA) is 40.5 Å². The second-order valence-electron chi connectivity index (χ2n) is 2.91. The third kappa shape index (κ3) is 1.94. The van der Waals surface area contributed by atoms with Gasteiger partial charge in [-0.2, -0.15) is 0 Å². The van der Waals surface area contributed by atoms with Gasteiger partial charge in [0.05, 0.1) is 5.56 Å². The van der Waals surface area contributed by atoms with Crippen molar-refractivity contribution in [1.82, 2.24) is 0 Å². The molecule has 0 aromatic heterocycles. The van der Waals surface area contributed by atoms with Gasteiger partial charge in [0.15, 0.2) is 11.5 Å². The van der Waals surface area contributed by atoms with Crippen molar-refractivity contribution in [2.24, 2.45) is 0 Å². The van der Waals surface area contributed by atoms with Crippen LogP contribution in [-0.2, 0) is 6.42 Å². The first-order valence-electron chi connectivity index (χ1n) is 4.20. The molecule has 0 bridgehead atoms. The van der Waals surface area contributed by atoms with Crippen LogP contribution in [0.1, 0.15) is 24.5 Å². The molecule has 68 valence electrons. The Balaban J connectivity index is 3.16. The van der Waals surface area contributed by atoms with Crippen LogP contribution < -0.4 is 0 Å². The van der Waals surface area contributed by atoms with Crippen LogP contribution >= 0.6 is 0 Å². The molecule has 0 unspecified atom stereocenters. The van der Waals surface area contributed by atoms with Crippen molar-refractivity contribution in [3.8, 4) is 23.8 Å². The molecule has 0 saturated heterocycles. The highest BCUT2D eigenvalue weighted by Crippen LogP contribution is 2.30. The molecule has 0 atom stereocenters. The van der Waals surface area contributed by atoms with Gasteiger partial charge in [-0.3, -0.25) is 0 Å². The number of phenolic OH excluding ortho intramolecular Hbond substituents is 2. The molecule has 0 aliphatic heterocycles. The number of terminal acetylenes is 1. The summed E-state index contributed by atoms with van der Waals surface area (Å²) in [5, 5.41) is 18.6. The zero-order valence-electron chi connectivity index (χ0n) is 7.54. The van der Waals surface area contributed by atoms with Crippen molar-refractivity contribution in [1.29, 1.82) is 0 Å². The molecule has 2 N–H and O–H groups in total. The minimum absolute atomic E-state index is 0.140. The number of hydrogen-bond acceptors (Lipinski definition) is 2. The summed E-state index contributed by atoms with van der Waals surface area (Å²) in [6.07, 6.45) is 6.99. The summed E-state index contributed by atoms with van der Waals surface area (Å²) in [4.78, 5) is 0. The lowest BCUT2D eigenvalue weighted by Gasteiger charge is -2.04. The van der Waals surface area contributed by atoms with Gasteiger partial charge in [0, 0.05) is 0 Å². The van der Waals surface area contributed by atoms with E-state index in [0.717, 1.165) is 18.4 Å². The molecule has 2 nitrogen and oxygen atoms in total. The molecule has 1 rings (SSSR count). The Hall–Kier alpha value is -1.62. The molecule has 1 aromatic carbocycles. The van der Waals surface area contributed by atoms with E-state index >= 15 is 0 Å². The number of phenols is 2. The van der Waals surface area contributed by atoms with Gasteiger partial charge >= 0.3 is 0 Å². The van der Waals surface area contributed by atoms with E-state index in [-0.39, 0.29) is 11.5 Å². The predicted molar refractivity (Wildman–Crippen MR) is 51.7 cm³/mol. The molecule has 0 amide bonds. The summed E-state index contributed by atoms with van der Waals surface area (Å²) in [6, 6.07) is 3.26. The number of benzene rings is 1. The first kappa shape index (κ1) is 9.47. The van der Waals surface area contributed by atoms with E-state index in [2.05, 4.69) is 5.92 Å². The van der Waals surface area contributed by atoms with E-state index in [1.807, 2.05) is 6.92 Å². The van der Waals surface area contributed by atoms with Gasteiger partial charge in [-0.05, 0) is 24.1 Å². The van der Waals surface area contributed by atoms with Gasteiger partial charge in [0.2, 0.25) is 0 Å². The molecule has 0 heterocycles. The summed E-state index contributed by atoms with van der Waals surface area (Å²) in [5.74, 6) is 1.98. The highest BCUT2D eigenvalue weighted by molar-refractivity contribution is 5.54. The summed E-state index contributed by atoms with van der Waals surface area (Å²) in [6.45, 7) is 2.04. The molecule has 0 fully saturated rings. The van der Waals surface area contributed by atoms with Crippen molar-refractivity contribution in [3.63, 3.8) is 0 Å². The van der Waals surface area contributed by atoms with Crippen LogP contribution in [0, 0.1) is 12.3 Å². The average Bonchev–Trinajstić information content (AvgIpc) is 2.11. The van der Waals surface area contributed by atoms with Crippen molar-refractivity contribution in [2.75, 3.05) is 0 Å². The van der Waals surface area contributed by atoms with Gasteiger partial charge in [-0.25, -0.2) is 0 Å². The quantitative estimate of drug-likeness (QED) is 0.534. The minimum Gasteiger partial charge on any atom is -0.504 e. The second-order valence-corrected chi connectivity index (χ2v) is 2.91. The van der Waals surface area contributed by atoms with Gasteiger partial charge in [0.25, 0.3) is 0 Å². The number of aryl methyl sites for hydroxylation is 1. The molecule has 0 spiro atoms. The van der Waals surface area contributed by atoms with Gasteiger partial charge in [-0.1, -0.05) is 19.3 Å². The molecule has 0 aliphatic rings. The Morgan fingerprint density at radius 3 is 2.62 bits per heavy atom. The minimum atomic E-state index is -0.206. The van der Waals surface area contributed by atoms with Crippen molar-refractivity contribution in [3.05, 3.63) is 23.3 Å². The Morgan fingerprint density at radius 2 is 2.08 bits per heavy atom. The Bertz CT molecular complexity index is 348. The molecule has 2 heteroatoms. The molecule has 0 radical (unpaired) electrons. The second kappa shape index (κ2) is 3.86. The lowest BCUT2D eigenvalue weighted by Crippen LogP contribution is -1.86. The maximum atomic E-state index is 9.30. The zero-order chi connectivity index (χ0) is 9.84. The SMILES string of the molecule is C#Cc1cc(CCC)cc(O)c1O. The van der Waals surface area contributed by atoms with Crippen molar-refractivity contribution < 1.29 is 10.2 Å². The monoisotopic (exact) mass is 176 g/mol. The van der Waals surface area contributed by atoms with Gasteiger partial charge in [0.1, 0.15) is 0 Å². The fourth-order valence-corrected chi connectivity index (χ4v) is 1.22. The lowest BCUT2D eigenvalue weighted by molar-refractivity contribution is 0.402. The molecule has 0 aliphatic carbocycles. The molecule has 13 heavy (non-hydrogen) atoms. The predicted octanol–water partition coefficient (Wildman–Crippen LogP) is 2.03. The fraction of sp³-hybridized carbons (Fsp3) is 0.273. The number of rotatable bonds is 2. The maximum Gasteiger partial charge on any atom is 0.173 e. The van der Waals surface area contributed by atoms with Crippen molar-refractivity contribution >= 4 is 0 Å². The van der Waals surface area contributed by atoms with Crippen LogP contribution in [0.25, 0.3) is 0 Å². The van der Waals surface area contributed by atoms with Crippen LogP contribution in [0.15, 0.2) is 12.1 Å². The Morgan fingerprint density at radius 1 is 1.38 bits per heavy atom. The van der Waals surface area contributed by atoms with Crippen LogP contribution in [0.4, 0.5) is 0 Å². The van der Waals surface area contributed by atoms with Gasteiger partial charge < -0.3 is 10.2 Å². The largest absolute Gasteiger partial charge is 0.504 e. The zero-order valence-corrected chi connectivity index (χ0v) is 7.54. The van der Waals surface area contributed by atoms with E-state index < -0.39 is 0 Å². The first-order chi connectivity index (χ1) is 6.19. The summed E-state index contributed by atoms with van der Waals surface area (Å²) in [7, 11) is 0. The fourth-order valence-electron chi connectivity index (χ4n) is 1.22. The Kier molecular flexibility index (Phi) is 2.81. The van der Waals surface area contributed by atoms with Crippen LogP contribution in [0.3, 0.4) is 0 Å². The number of aromatic hydroxyl groups is 2.